The standard InChI is InChI=1S/C33H41N5OS/c1-7-8-16-34-24(3)18-23(2)26-13-10-14-27(19-26)30-22-40-32(37-30)36-29(25-11-9-12-25)20-35-31(39)28-15-17-38(21-28)33(4,5)6/h10,13-19,21-22H,2,7-9,11-12,20H2,1,3-6H3,(H,35,39)(H,36,37)/b24-18-,34-16?. The zero-order valence-corrected chi connectivity index (χ0v) is 25.2. The fourth-order valence-corrected chi connectivity index (χ4v) is 5.06. The van der Waals surface area contributed by atoms with Gasteiger partial charge in [0.05, 0.1) is 17.8 Å². The van der Waals surface area contributed by atoms with Crippen molar-refractivity contribution in [2.45, 2.75) is 72.3 Å². The van der Waals surface area contributed by atoms with Crippen molar-refractivity contribution in [2.75, 3.05) is 11.9 Å². The lowest BCUT2D eigenvalue weighted by atomic mass is 9.90. The number of carbonyl (C=O) groups excluding carboxylic acids is 1. The van der Waals surface area contributed by atoms with Gasteiger partial charge in [-0.05, 0) is 88.3 Å². The van der Waals surface area contributed by atoms with Crippen molar-refractivity contribution in [2.24, 2.45) is 4.99 Å². The van der Waals surface area contributed by atoms with Crippen LogP contribution in [0.15, 0.2) is 82.7 Å². The van der Waals surface area contributed by atoms with E-state index >= 15 is 0 Å². The molecule has 1 aromatic carbocycles. The van der Waals surface area contributed by atoms with E-state index in [0.29, 0.717) is 12.1 Å². The summed E-state index contributed by atoms with van der Waals surface area (Å²) in [5.41, 5.74) is 7.87. The lowest BCUT2D eigenvalue weighted by molar-refractivity contribution is 0.0957. The molecule has 1 saturated carbocycles. The zero-order valence-electron chi connectivity index (χ0n) is 24.4. The highest BCUT2D eigenvalue weighted by molar-refractivity contribution is 7.14. The van der Waals surface area contributed by atoms with E-state index in [2.05, 4.69) is 78.0 Å². The molecule has 0 spiro atoms. The average molecular weight is 556 g/mol. The number of hydrogen-bond acceptors (Lipinski definition) is 5. The summed E-state index contributed by atoms with van der Waals surface area (Å²) < 4.78 is 2.06. The van der Waals surface area contributed by atoms with Crippen molar-refractivity contribution in [1.29, 1.82) is 0 Å². The molecule has 0 bridgehead atoms. The highest BCUT2D eigenvalue weighted by Gasteiger charge is 2.19. The van der Waals surface area contributed by atoms with Gasteiger partial charge in [0.1, 0.15) is 0 Å². The van der Waals surface area contributed by atoms with E-state index in [9.17, 15) is 4.79 Å². The van der Waals surface area contributed by atoms with Crippen LogP contribution in [0.2, 0.25) is 0 Å². The van der Waals surface area contributed by atoms with Gasteiger partial charge in [-0.25, -0.2) is 4.98 Å². The molecular formula is C33H41N5OS. The fraction of sp³-hybridized carbons (Fsp3) is 0.364. The molecule has 1 aliphatic rings. The zero-order chi connectivity index (χ0) is 28.7. The SMILES string of the molecule is C=C(/C=C(/C)N=CCCC)c1cccc(-c2csc(NC(CNC(=O)c3ccn(C(C)(C)C)c3)=C3CCC3)n2)c1. The van der Waals surface area contributed by atoms with E-state index < -0.39 is 0 Å². The van der Waals surface area contributed by atoms with E-state index in [1.54, 1.807) is 11.3 Å². The van der Waals surface area contributed by atoms with Crippen LogP contribution in [0.25, 0.3) is 16.8 Å². The first-order valence-electron chi connectivity index (χ1n) is 14.0. The average Bonchev–Trinajstić information content (AvgIpc) is 3.57. The highest BCUT2D eigenvalue weighted by atomic mass is 32.1. The van der Waals surface area contributed by atoms with E-state index in [4.69, 9.17) is 4.98 Å². The molecule has 1 amide bonds. The monoisotopic (exact) mass is 555 g/mol. The van der Waals surface area contributed by atoms with E-state index in [0.717, 1.165) is 64.6 Å². The minimum Gasteiger partial charge on any atom is -0.348 e. The molecular weight excluding hydrogens is 514 g/mol. The van der Waals surface area contributed by atoms with Gasteiger partial charge in [-0.2, -0.15) is 0 Å². The number of rotatable bonds is 11. The number of aliphatic imine (C=N–C) groups is 1. The molecule has 0 unspecified atom stereocenters. The minimum atomic E-state index is -0.0700. The summed E-state index contributed by atoms with van der Waals surface area (Å²) in [5, 5.41) is 9.51. The molecule has 2 N–H and O–H groups in total. The van der Waals surface area contributed by atoms with Crippen LogP contribution in [0.5, 0.6) is 0 Å². The van der Waals surface area contributed by atoms with E-state index in [1.165, 1.54) is 12.0 Å². The van der Waals surface area contributed by atoms with Crippen molar-refractivity contribution in [3.05, 3.63) is 88.9 Å². The molecule has 2 aromatic heterocycles. The second-order valence-corrected chi connectivity index (χ2v) is 12.1. The summed E-state index contributed by atoms with van der Waals surface area (Å²) in [6.45, 7) is 15.2. The predicted octanol–water partition coefficient (Wildman–Crippen LogP) is 8.43. The van der Waals surface area contributed by atoms with E-state index in [-0.39, 0.29) is 11.4 Å². The lowest BCUT2D eigenvalue weighted by Gasteiger charge is -2.23. The number of nitrogens with zero attached hydrogens (tertiary/aromatic N) is 3. The van der Waals surface area contributed by atoms with Crippen LogP contribution in [-0.4, -0.2) is 28.2 Å². The van der Waals surface area contributed by atoms with Crippen LogP contribution >= 0.6 is 11.3 Å². The third kappa shape index (κ3) is 7.69. The van der Waals surface area contributed by atoms with Gasteiger partial charge in [0.2, 0.25) is 0 Å². The molecule has 0 radical (unpaired) electrons. The molecule has 0 aliphatic heterocycles. The van der Waals surface area contributed by atoms with Gasteiger partial charge in [0.25, 0.3) is 5.91 Å². The largest absolute Gasteiger partial charge is 0.348 e. The Morgan fingerprint density at radius 2 is 2.02 bits per heavy atom. The maximum absolute atomic E-state index is 12.9. The molecule has 0 atom stereocenters. The van der Waals surface area contributed by atoms with Gasteiger partial charge >= 0.3 is 0 Å². The summed E-state index contributed by atoms with van der Waals surface area (Å²) >= 11 is 1.57. The molecule has 210 valence electrons. The fourth-order valence-electron chi connectivity index (χ4n) is 4.31. The Morgan fingerprint density at radius 1 is 1.23 bits per heavy atom. The normalized spacial score (nSPS) is 13.8. The number of thiazole rings is 1. The van der Waals surface area contributed by atoms with Crippen molar-refractivity contribution < 1.29 is 4.79 Å². The van der Waals surface area contributed by atoms with Crippen LogP contribution in [0.3, 0.4) is 0 Å². The van der Waals surface area contributed by atoms with Crippen molar-refractivity contribution in [3.63, 3.8) is 0 Å². The Labute approximate surface area is 242 Å². The number of allylic oxidation sites excluding steroid dienone is 4. The van der Waals surface area contributed by atoms with Crippen LogP contribution in [0.4, 0.5) is 5.13 Å². The molecule has 6 nitrogen and oxygen atoms in total. The minimum absolute atomic E-state index is 0.0626. The smallest absolute Gasteiger partial charge is 0.253 e. The van der Waals surface area contributed by atoms with Crippen LogP contribution in [-0.2, 0) is 5.54 Å². The summed E-state index contributed by atoms with van der Waals surface area (Å²) in [4.78, 5) is 22.2. The number of unbranched alkanes of at least 4 members (excludes halogenated alkanes) is 1. The Hall–Kier alpha value is -3.71. The van der Waals surface area contributed by atoms with Crippen LogP contribution in [0.1, 0.15) is 82.6 Å². The van der Waals surface area contributed by atoms with Gasteiger partial charge in [-0.1, -0.05) is 38.1 Å². The first kappa shape index (κ1) is 29.3. The summed E-state index contributed by atoms with van der Waals surface area (Å²) in [7, 11) is 0. The number of hydrogen-bond donors (Lipinski definition) is 2. The highest BCUT2D eigenvalue weighted by Crippen LogP contribution is 2.32. The van der Waals surface area contributed by atoms with Gasteiger partial charge in [0.15, 0.2) is 5.13 Å². The van der Waals surface area contributed by atoms with Crippen LogP contribution < -0.4 is 10.6 Å². The molecule has 40 heavy (non-hydrogen) atoms. The summed E-state index contributed by atoms with van der Waals surface area (Å²) in [6.07, 6.45) is 13.2. The molecule has 3 aromatic rings. The number of benzene rings is 1. The van der Waals surface area contributed by atoms with Gasteiger partial charge in [-0.15, -0.1) is 11.3 Å². The quantitative estimate of drug-likeness (QED) is 0.184. The summed E-state index contributed by atoms with van der Waals surface area (Å²) in [6, 6.07) is 10.2. The lowest BCUT2D eigenvalue weighted by Crippen LogP contribution is -2.29. The Kier molecular flexibility index (Phi) is 9.58. The first-order chi connectivity index (χ1) is 19.1. The maximum atomic E-state index is 12.9. The van der Waals surface area contributed by atoms with Crippen molar-refractivity contribution in [3.8, 4) is 11.3 Å². The number of anilines is 1. The Bertz CT molecular complexity index is 1440. The van der Waals surface area contributed by atoms with Gasteiger partial charge in [-0.3, -0.25) is 9.79 Å². The predicted molar refractivity (Wildman–Crippen MR) is 170 cm³/mol. The number of amides is 1. The molecule has 0 saturated heterocycles. The van der Waals surface area contributed by atoms with Gasteiger partial charge < -0.3 is 15.2 Å². The third-order valence-electron chi connectivity index (χ3n) is 6.93. The third-order valence-corrected chi connectivity index (χ3v) is 7.68. The molecule has 7 heteroatoms. The Morgan fingerprint density at radius 3 is 2.70 bits per heavy atom. The topological polar surface area (TPSA) is 71.3 Å². The van der Waals surface area contributed by atoms with Crippen molar-refractivity contribution in [1.82, 2.24) is 14.9 Å². The van der Waals surface area contributed by atoms with Gasteiger partial charge in [0, 0.05) is 46.5 Å². The van der Waals surface area contributed by atoms with E-state index in [1.807, 2.05) is 43.7 Å². The molecule has 2 heterocycles. The van der Waals surface area contributed by atoms with Crippen LogP contribution in [0, 0.1) is 0 Å². The Balaban J connectivity index is 1.43. The second-order valence-electron chi connectivity index (χ2n) is 11.3. The second kappa shape index (κ2) is 13.1. The molecule has 1 aliphatic carbocycles. The number of aromatic nitrogens is 2. The maximum Gasteiger partial charge on any atom is 0.253 e. The molecule has 1 fully saturated rings. The summed E-state index contributed by atoms with van der Waals surface area (Å²) in [5.74, 6) is -0.0700. The van der Waals surface area contributed by atoms with Crippen molar-refractivity contribution >= 4 is 34.2 Å². The number of nitrogens with one attached hydrogen (secondary N) is 2. The first-order valence-corrected chi connectivity index (χ1v) is 14.9. The molecule has 4 rings (SSSR count). The number of carbonyl (C=O) groups is 1.